The molecule has 0 fully saturated rings. The summed E-state index contributed by atoms with van der Waals surface area (Å²) in [6.07, 6.45) is 1.68. The lowest BCUT2D eigenvalue weighted by molar-refractivity contribution is 0.0933. The van der Waals surface area contributed by atoms with Crippen LogP contribution in [0, 0.1) is 5.82 Å². The number of benzene rings is 2. The van der Waals surface area contributed by atoms with E-state index in [-0.39, 0.29) is 22.8 Å². The smallest absolute Gasteiger partial charge is 0.277 e. The zero-order valence-electron chi connectivity index (χ0n) is 14.1. The van der Waals surface area contributed by atoms with E-state index in [4.69, 9.17) is 0 Å². The molecule has 2 heterocycles. The summed E-state index contributed by atoms with van der Waals surface area (Å²) in [5.74, 6) is -0.936. The summed E-state index contributed by atoms with van der Waals surface area (Å²) in [7, 11) is 0. The Morgan fingerprint density at radius 1 is 1.26 bits per heavy atom. The minimum atomic E-state index is -0.546. The van der Waals surface area contributed by atoms with Crippen LogP contribution in [0.5, 0.6) is 0 Å². The van der Waals surface area contributed by atoms with Crippen LogP contribution in [0.1, 0.15) is 34.1 Å². The van der Waals surface area contributed by atoms with E-state index >= 15 is 0 Å². The first kappa shape index (κ1) is 15.7. The molecule has 2 aromatic carbocycles. The van der Waals surface area contributed by atoms with E-state index in [0.29, 0.717) is 5.52 Å². The Morgan fingerprint density at radius 2 is 2.11 bits per heavy atom. The standard InChI is InChI=1S/C19H14FN5O2/c20-11-6-8-15-14(9-11)22-19(27)17-16(23-24-25(15)17)18(26)21-13-7-5-10-3-1-2-4-12(10)13/h1-4,6,8-9,13H,5,7H2,(H,21,26)(H,22,27). The molecule has 0 bridgehead atoms. The number of H-pyrrole nitrogens is 1. The van der Waals surface area contributed by atoms with Crippen molar-refractivity contribution >= 4 is 22.5 Å². The van der Waals surface area contributed by atoms with Gasteiger partial charge < -0.3 is 10.3 Å². The number of aromatic nitrogens is 4. The number of aromatic amines is 1. The summed E-state index contributed by atoms with van der Waals surface area (Å²) in [5, 5.41) is 10.8. The summed E-state index contributed by atoms with van der Waals surface area (Å²) in [5.41, 5.74) is 2.48. The molecule has 0 spiro atoms. The summed E-state index contributed by atoms with van der Waals surface area (Å²) in [6, 6.07) is 11.8. The Balaban J connectivity index is 1.57. The quantitative estimate of drug-likeness (QED) is 0.571. The van der Waals surface area contributed by atoms with Gasteiger partial charge in [0.05, 0.1) is 17.1 Å². The summed E-state index contributed by atoms with van der Waals surface area (Å²) >= 11 is 0. The normalized spacial score (nSPS) is 16.0. The van der Waals surface area contributed by atoms with Crippen molar-refractivity contribution in [3.05, 3.63) is 75.5 Å². The van der Waals surface area contributed by atoms with Crippen LogP contribution in [-0.4, -0.2) is 25.7 Å². The maximum atomic E-state index is 13.4. The number of aryl methyl sites for hydroxylation is 1. The molecule has 0 radical (unpaired) electrons. The van der Waals surface area contributed by atoms with Gasteiger partial charge in [-0.25, -0.2) is 8.91 Å². The Labute approximate surface area is 151 Å². The zero-order valence-corrected chi connectivity index (χ0v) is 14.1. The van der Waals surface area contributed by atoms with Crippen molar-refractivity contribution in [3.8, 4) is 0 Å². The highest BCUT2D eigenvalue weighted by molar-refractivity contribution is 5.99. The Kier molecular flexibility index (Phi) is 3.33. The molecule has 0 saturated heterocycles. The van der Waals surface area contributed by atoms with Crippen LogP contribution < -0.4 is 10.9 Å². The second-order valence-corrected chi connectivity index (χ2v) is 6.58. The predicted molar refractivity (Wildman–Crippen MR) is 96.0 cm³/mol. The number of hydrogen-bond acceptors (Lipinski definition) is 4. The average molecular weight is 363 g/mol. The molecule has 1 atom stereocenters. The zero-order chi connectivity index (χ0) is 18.5. The molecule has 8 heteroatoms. The van der Waals surface area contributed by atoms with Crippen LogP contribution in [0.2, 0.25) is 0 Å². The fourth-order valence-electron chi connectivity index (χ4n) is 3.72. The number of carbonyl (C=O) groups is 1. The van der Waals surface area contributed by atoms with Crippen LogP contribution in [0.15, 0.2) is 47.3 Å². The third-order valence-electron chi connectivity index (χ3n) is 4.97. The van der Waals surface area contributed by atoms with Gasteiger partial charge in [0.25, 0.3) is 11.5 Å². The number of carbonyl (C=O) groups excluding carboxylic acids is 1. The van der Waals surface area contributed by atoms with Crippen molar-refractivity contribution < 1.29 is 9.18 Å². The minimum absolute atomic E-state index is 0.0397. The van der Waals surface area contributed by atoms with Gasteiger partial charge in [-0.2, -0.15) is 0 Å². The monoisotopic (exact) mass is 363 g/mol. The molecule has 0 saturated carbocycles. The number of fused-ring (bicyclic) bond motifs is 4. The van der Waals surface area contributed by atoms with E-state index in [1.54, 1.807) is 0 Å². The van der Waals surface area contributed by atoms with Gasteiger partial charge in [-0.3, -0.25) is 9.59 Å². The lowest BCUT2D eigenvalue weighted by Crippen LogP contribution is -2.28. The highest BCUT2D eigenvalue weighted by Crippen LogP contribution is 2.31. The molecule has 0 aliphatic heterocycles. The van der Waals surface area contributed by atoms with Crippen molar-refractivity contribution in [1.82, 2.24) is 25.1 Å². The summed E-state index contributed by atoms with van der Waals surface area (Å²) in [6.45, 7) is 0. The van der Waals surface area contributed by atoms with Crippen LogP contribution >= 0.6 is 0 Å². The number of amides is 1. The van der Waals surface area contributed by atoms with Crippen molar-refractivity contribution in [2.45, 2.75) is 18.9 Å². The van der Waals surface area contributed by atoms with Gasteiger partial charge in [0.2, 0.25) is 0 Å². The fraction of sp³-hybridized carbons (Fsp3) is 0.158. The van der Waals surface area contributed by atoms with Gasteiger partial charge >= 0.3 is 0 Å². The molecular formula is C19H14FN5O2. The Hall–Kier alpha value is -3.55. The maximum Gasteiger partial charge on any atom is 0.277 e. The van der Waals surface area contributed by atoms with Crippen LogP contribution in [-0.2, 0) is 6.42 Å². The second-order valence-electron chi connectivity index (χ2n) is 6.58. The first-order valence-corrected chi connectivity index (χ1v) is 8.57. The molecule has 134 valence electrons. The van der Waals surface area contributed by atoms with Gasteiger partial charge in [-0.1, -0.05) is 29.5 Å². The van der Waals surface area contributed by atoms with E-state index < -0.39 is 17.3 Å². The van der Waals surface area contributed by atoms with E-state index in [1.165, 1.54) is 28.3 Å². The number of nitrogens with zero attached hydrogens (tertiary/aromatic N) is 3. The first-order valence-electron chi connectivity index (χ1n) is 8.57. The van der Waals surface area contributed by atoms with E-state index in [9.17, 15) is 14.0 Å². The van der Waals surface area contributed by atoms with E-state index in [0.717, 1.165) is 18.4 Å². The molecule has 7 nitrogen and oxygen atoms in total. The molecule has 1 unspecified atom stereocenters. The summed E-state index contributed by atoms with van der Waals surface area (Å²) < 4.78 is 14.7. The lowest BCUT2D eigenvalue weighted by Gasteiger charge is -2.13. The van der Waals surface area contributed by atoms with Crippen molar-refractivity contribution in [2.24, 2.45) is 0 Å². The number of rotatable bonds is 2. The fourth-order valence-corrected chi connectivity index (χ4v) is 3.72. The van der Waals surface area contributed by atoms with E-state index in [1.807, 2.05) is 24.3 Å². The highest BCUT2D eigenvalue weighted by Gasteiger charge is 2.27. The molecule has 1 aliphatic carbocycles. The highest BCUT2D eigenvalue weighted by atomic mass is 19.1. The number of hydrogen-bond donors (Lipinski definition) is 2. The molecule has 5 rings (SSSR count). The van der Waals surface area contributed by atoms with Gasteiger partial charge in [0.1, 0.15) is 5.82 Å². The molecule has 27 heavy (non-hydrogen) atoms. The Bertz CT molecular complexity index is 1280. The van der Waals surface area contributed by atoms with Gasteiger partial charge in [-0.05, 0) is 42.2 Å². The molecule has 2 aromatic heterocycles. The molecule has 1 amide bonds. The maximum absolute atomic E-state index is 13.4. The van der Waals surface area contributed by atoms with Gasteiger partial charge in [0.15, 0.2) is 11.2 Å². The van der Waals surface area contributed by atoms with Crippen molar-refractivity contribution in [1.29, 1.82) is 0 Å². The van der Waals surface area contributed by atoms with Crippen LogP contribution in [0.3, 0.4) is 0 Å². The molecule has 4 aromatic rings. The molecular weight excluding hydrogens is 349 g/mol. The number of nitrogens with one attached hydrogen (secondary N) is 2. The van der Waals surface area contributed by atoms with Crippen LogP contribution in [0.4, 0.5) is 4.39 Å². The van der Waals surface area contributed by atoms with Crippen molar-refractivity contribution in [3.63, 3.8) is 0 Å². The largest absolute Gasteiger partial charge is 0.344 e. The number of halogens is 1. The SMILES string of the molecule is O=C(NC1CCc2ccccc21)c1nnn2c1c(=O)[nH]c1cc(F)ccc12. The average Bonchev–Trinajstić information content (AvgIpc) is 3.27. The predicted octanol–water partition coefficient (Wildman–Crippen LogP) is 2.13. The van der Waals surface area contributed by atoms with Gasteiger partial charge in [0, 0.05) is 0 Å². The molecule has 1 aliphatic rings. The summed E-state index contributed by atoms with van der Waals surface area (Å²) in [4.78, 5) is 27.8. The third kappa shape index (κ3) is 2.41. The molecule has 2 N–H and O–H groups in total. The van der Waals surface area contributed by atoms with Gasteiger partial charge in [-0.15, -0.1) is 5.10 Å². The first-order chi connectivity index (χ1) is 13.1. The minimum Gasteiger partial charge on any atom is -0.344 e. The lowest BCUT2D eigenvalue weighted by atomic mass is 10.1. The van der Waals surface area contributed by atoms with Crippen molar-refractivity contribution in [2.75, 3.05) is 0 Å². The topological polar surface area (TPSA) is 92.2 Å². The Morgan fingerprint density at radius 3 is 3.00 bits per heavy atom. The van der Waals surface area contributed by atoms with E-state index in [2.05, 4.69) is 20.6 Å². The third-order valence-corrected chi connectivity index (χ3v) is 4.97. The van der Waals surface area contributed by atoms with Crippen LogP contribution in [0.25, 0.3) is 16.6 Å². The second kappa shape index (κ2) is 5.73.